The second kappa shape index (κ2) is 8.61. The number of nitriles is 1. The maximum atomic E-state index is 9.23. The average Bonchev–Trinajstić information content (AvgIpc) is 2.44. The average molecular weight is 280 g/mol. The number of likely N-dealkylation sites (N-methyl/N-ethyl adjacent to an activating group) is 1. The van der Waals surface area contributed by atoms with Crippen molar-refractivity contribution in [2.24, 2.45) is 0 Å². The minimum Gasteiger partial charge on any atom is -0.305 e. The van der Waals surface area contributed by atoms with Crippen LogP contribution in [-0.2, 0) is 0 Å². The highest BCUT2D eigenvalue weighted by Crippen LogP contribution is 2.16. The molecule has 2 atom stereocenters. The van der Waals surface area contributed by atoms with Crippen LogP contribution >= 0.6 is 0 Å². The molecule has 0 saturated carbocycles. The third kappa shape index (κ3) is 5.78. The number of likely N-dealkylation sites (tertiary alicyclic amines) is 1. The summed E-state index contributed by atoms with van der Waals surface area (Å²) in [6, 6.07) is 3.13. The van der Waals surface area contributed by atoms with E-state index in [0.717, 1.165) is 25.4 Å². The van der Waals surface area contributed by atoms with Gasteiger partial charge in [0.25, 0.3) is 0 Å². The number of hydrogen-bond acceptors (Lipinski definition) is 4. The van der Waals surface area contributed by atoms with Gasteiger partial charge in [-0.05, 0) is 72.8 Å². The first kappa shape index (κ1) is 17.4. The first-order valence-corrected chi connectivity index (χ1v) is 8.06. The van der Waals surface area contributed by atoms with Crippen LogP contribution in [0.2, 0.25) is 0 Å². The predicted molar refractivity (Wildman–Crippen MR) is 84.7 cm³/mol. The standard InChI is InChI=1S/C16H32N4/c1-5-18-16(2,14-17)10-6-7-11-20-12-8-9-15(13-20)19(3)4/h15,18H,5-13H2,1-4H3. The molecule has 1 aliphatic heterocycles. The van der Waals surface area contributed by atoms with Gasteiger partial charge in [0.05, 0.1) is 6.07 Å². The van der Waals surface area contributed by atoms with E-state index >= 15 is 0 Å². The van der Waals surface area contributed by atoms with Crippen molar-refractivity contribution < 1.29 is 0 Å². The van der Waals surface area contributed by atoms with Crippen LogP contribution in [-0.4, -0.2) is 61.7 Å². The van der Waals surface area contributed by atoms with Gasteiger partial charge in [-0.1, -0.05) is 6.92 Å². The predicted octanol–water partition coefficient (Wildman–Crippen LogP) is 2.07. The van der Waals surface area contributed by atoms with E-state index in [2.05, 4.69) is 42.2 Å². The first-order chi connectivity index (χ1) is 9.50. The minimum absolute atomic E-state index is 0.344. The Hall–Kier alpha value is -0.630. The van der Waals surface area contributed by atoms with Crippen molar-refractivity contribution in [2.45, 2.75) is 57.5 Å². The second-order valence-electron chi connectivity index (χ2n) is 6.49. The van der Waals surface area contributed by atoms with E-state index in [0.29, 0.717) is 0 Å². The molecular formula is C16H32N4. The molecule has 1 heterocycles. The van der Waals surface area contributed by atoms with E-state index in [9.17, 15) is 5.26 Å². The highest BCUT2D eigenvalue weighted by Gasteiger charge is 2.23. The summed E-state index contributed by atoms with van der Waals surface area (Å²) in [6.07, 6.45) is 5.91. The van der Waals surface area contributed by atoms with E-state index in [1.165, 1.54) is 38.9 Å². The third-order valence-corrected chi connectivity index (χ3v) is 4.43. The zero-order chi connectivity index (χ0) is 15.0. The van der Waals surface area contributed by atoms with Crippen LogP contribution in [0.5, 0.6) is 0 Å². The maximum absolute atomic E-state index is 9.23. The van der Waals surface area contributed by atoms with Crippen LogP contribution in [0.15, 0.2) is 0 Å². The molecule has 0 spiro atoms. The fourth-order valence-electron chi connectivity index (χ4n) is 3.04. The first-order valence-electron chi connectivity index (χ1n) is 8.06. The number of nitrogens with one attached hydrogen (secondary N) is 1. The highest BCUT2D eigenvalue weighted by molar-refractivity contribution is 5.03. The molecule has 1 rings (SSSR count). The third-order valence-electron chi connectivity index (χ3n) is 4.43. The molecule has 20 heavy (non-hydrogen) atoms. The summed E-state index contributed by atoms with van der Waals surface area (Å²) in [7, 11) is 4.37. The zero-order valence-electron chi connectivity index (χ0n) is 13.8. The summed E-state index contributed by atoms with van der Waals surface area (Å²) in [4.78, 5) is 4.94. The van der Waals surface area contributed by atoms with Gasteiger partial charge in [-0.25, -0.2) is 0 Å². The molecule has 1 N–H and O–H groups in total. The molecule has 0 aromatic carbocycles. The molecule has 1 fully saturated rings. The van der Waals surface area contributed by atoms with Gasteiger partial charge in [0, 0.05) is 12.6 Å². The van der Waals surface area contributed by atoms with Crippen molar-refractivity contribution in [3.8, 4) is 6.07 Å². The lowest BCUT2D eigenvalue weighted by atomic mass is 9.96. The topological polar surface area (TPSA) is 42.3 Å². The van der Waals surface area contributed by atoms with E-state index in [-0.39, 0.29) is 5.54 Å². The van der Waals surface area contributed by atoms with E-state index < -0.39 is 0 Å². The zero-order valence-corrected chi connectivity index (χ0v) is 13.8. The van der Waals surface area contributed by atoms with Crippen LogP contribution in [0.4, 0.5) is 0 Å². The molecule has 1 saturated heterocycles. The van der Waals surface area contributed by atoms with Crippen molar-refractivity contribution >= 4 is 0 Å². The van der Waals surface area contributed by atoms with Gasteiger partial charge in [-0.15, -0.1) is 0 Å². The lowest BCUT2D eigenvalue weighted by Gasteiger charge is -2.36. The Morgan fingerprint density at radius 3 is 2.75 bits per heavy atom. The van der Waals surface area contributed by atoms with Gasteiger partial charge in [0.15, 0.2) is 0 Å². The smallest absolute Gasteiger partial charge is 0.103 e. The number of rotatable bonds is 8. The Morgan fingerprint density at radius 1 is 1.40 bits per heavy atom. The Kier molecular flexibility index (Phi) is 7.50. The molecule has 0 aromatic rings. The van der Waals surface area contributed by atoms with E-state index in [4.69, 9.17) is 0 Å². The summed E-state index contributed by atoms with van der Waals surface area (Å²) in [5, 5.41) is 12.5. The summed E-state index contributed by atoms with van der Waals surface area (Å²) in [6.45, 7) is 8.56. The molecule has 0 aliphatic carbocycles. The van der Waals surface area contributed by atoms with E-state index in [1.807, 2.05) is 6.92 Å². The van der Waals surface area contributed by atoms with Crippen LogP contribution in [0.1, 0.15) is 46.0 Å². The molecule has 0 bridgehead atoms. The van der Waals surface area contributed by atoms with Gasteiger partial charge in [0.2, 0.25) is 0 Å². The SMILES string of the molecule is CCNC(C)(C#N)CCCCN1CCCC(N(C)C)C1. The summed E-state index contributed by atoms with van der Waals surface area (Å²) in [5.74, 6) is 0. The summed E-state index contributed by atoms with van der Waals surface area (Å²) < 4.78 is 0. The van der Waals surface area contributed by atoms with Gasteiger partial charge in [-0.2, -0.15) is 5.26 Å². The Labute approximate surface area is 125 Å². The molecule has 0 radical (unpaired) electrons. The molecule has 116 valence electrons. The summed E-state index contributed by atoms with van der Waals surface area (Å²) in [5.41, 5.74) is -0.344. The second-order valence-corrected chi connectivity index (χ2v) is 6.49. The van der Waals surface area contributed by atoms with Gasteiger partial charge < -0.3 is 9.80 Å². The van der Waals surface area contributed by atoms with Crippen LogP contribution in [0, 0.1) is 11.3 Å². The lowest BCUT2D eigenvalue weighted by Crippen LogP contribution is -2.45. The fourth-order valence-corrected chi connectivity index (χ4v) is 3.04. The van der Waals surface area contributed by atoms with Gasteiger partial charge in [-0.3, -0.25) is 5.32 Å². The number of nitrogens with zero attached hydrogens (tertiary/aromatic N) is 3. The van der Waals surface area contributed by atoms with E-state index in [1.54, 1.807) is 0 Å². The molecule has 4 heteroatoms. The largest absolute Gasteiger partial charge is 0.305 e. The van der Waals surface area contributed by atoms with Crippen molar-refractivity contribution in [3.63, 3.8) is 0 Å². The monoisotopic (exact) mass is 280 g/mol. The molecular weight excluding hydrogens is 248 g/mol. The molecule has 2 unspecified atom stereocenters. The van der Waals surface area contributed by atoms with Crippen LogP contribution in [0.25, 0.3) is 0 Å². The summed E-state index contributed by atoms with van der Waals surface area (Å²) >= 11 is 0. The van der Waals surface area contributed by atoms with Crippen molar-refractivity contribution in [1.82, 2.24) is 15.1 Å². The Balaban J connectivity index is 2.22. The molecule has 1 aliphatic rings. The fraction of sp³-hybridized carbons (Fsp3) is 0.938. The number of unbranched alkanes of at least 4 members (excludes halogenated alkanes) is 1. The van der Waals surface area contributed by atoms with Crippen molar-refractivity contribution in [2.75, 3.05) is 40.3 Å². The van der Waals surface area contributed by atoms with Crippen LogP contribution in [0.3, 0.4) is 0 Å². The van der Waals surface area contributed by atoms with Crippen molar-refractivity contribution in [1.29, 1.82) is 5.26 Å². The Morgan fingerprint density at radius 2 is 2.15 bits per heavy atom. The van der Waals surface area contributed by atoms with Gasteiger partial charge >= 0.3 is 0 Å². The minimum atomic E-state index is -0.344. The Bertz CT molecular complexity index is 310. The van der Waals surface area contributed by atoms with Gasteiger partial charge in [0.1, 0.15) is 5.54 Å². The normalized spacial score (nSPS) is 23.5. The van der Waals surface area contributed by atoms with Crippen molar-refractivity contribution in [3.05, 3.63) is 0 Å². The molecule has 0 aromatic heterocycles. The number of piperidine rings is 1. The lowest BCUT2D eigenvalue weighted by molar-refractivity contribution is 0.131. The quantitative estimate of drug-likeness (QED) is 0.691. The highest BCUT2D eigenvalue weighted by atomic mass is 15.2. The number of hydrogen-bond donors (Lipinski definition) is 1. The molecule has 0 amide bonds. The van der Waals surface area contributed by atoms with Crippen LogP contribution < -0.4 is 5.32 Å². The maximum Gasteiger partial charge on any atom is 0.103 e. The molecule has 4 nitrogen and oxygen atoms in total.